The lowest BCUT2D eigenvalue weighted by atomic mass is 9.63. The number of carboxylic acid groups (broad SMARTS) is 1. The third kappa shape index (κ3) is 4.61. The molecule has 1 aromatic rings. The summed E-state index contributed by atoms with van der Waals surface area (Å²) in [5, 5.41) is 55.1. The highest BCUT2D eigenvalue weighted by atomic mass is 16.7. The molecule has 0 aromatic carbocycles. The number of hydrogen-bond donors (Lipinski definition) is 5. The minimum atomic E-state index is -1.98. The highest BCUT2D eigenvalue weighted by molar-refractivity contribution is 5.90. The van der Waals surface area contributed by atoms with Crippen LogP contribution < -0.4 is 15.6 Å². The standard InChI is InChI=1S/C30H38NO11/c1-4-15-12-19-20-8-10-29(38)27(37)30(20,42-22(9-11-32)25(19)31-15)23(14-33)41-28(29)40-21-7-6-17(26(36)39-3)18(13-24(34)35)16(21)5-2/h5-6,12,16,18,21,23,27-28,32-33,37-38H,2,4,7-11,13-14H2,1,3H3,(H,34,35)/q-1/t16-,18+,21-,23-,27-,28-,29-,30-/m1/s1. The number of aryl methyl sites for hydroxylation is 1. The maximum atomic E-state index is 12.4. The van der Waals surface area contributed by atoms with Crippen LogP contribution >= 0.6 is 0 Å². The number of esters is 1. The van der Waals surface area contributed by atoms with E-state index in [1.54, 1.807) is 6.08 Å². The molecule has 4 aliphatic rings. The first-order valence-electron chi connectivity index (χ1n) is 14.2. The lowest BCUT2D eigenvalue weighted by molar-refractivity contribution is -0.372. The van der Waals surface area contributed by atoms with E-state index in [0.29, 0.717) is 23.1 Å². The Morgan fingerprint density at radius 1 is 1.31 bits per heavy atom. The van der Waals surface area contributed by atoms with Gasteiger partial charge in [-0.15, -0.1) is 6.58 Å². The molecule has 3 heterocycles. The third-order valence-electron chi connectivity index (χ3n) is 9.12. The summed E-state index contributed by atoms with van der Waals surface area (Å²) < 4.78 is 23.8. The first-order chi connectivity index (χ1) is 20.1. The van der Waals surface area contributed by atoms with Crippen molar-refractivity contribution in [2.75, 3.05) is 20.3 Å². The largest absolute Gasteiger partial charge is 0.658 e. The summed E-state index contributed by atoms with van der Waals surface area (Å²) in [5.74, 6) is -2.92. The molecule has 0 unspecified atom stereocenters. The van der Waals surface area contributed by atoms with Crippen molar-refractivity contribution in [2.24, 2.45) is 11.8 Å². The Bertz CT molecular complexity index is 1400. The highest BCUT2D eigenvalue weighted by Crippen LogP contribution is 2.53. The molecule has 230 valence electrons. The summed E-state index contributed by atoms with van der Waals surface area (Å²) >= 11 is 0. The number of rotatable bonds is 10. The van der Waals surface area contributed by atoms with E-state index in [1.807, 2.05) is 13.0 Å². The number of aromatic nitrogens is 1. The molecule has 8 atom stereocenters. The van der Waals surface area contributed by atoms with Crippen molar-refractivity contribution in [1.29, 1.82) is 0 Å². The predicted molar refractivity (Wildman–Crippen MR) is 146 cm³/mol. The SMILES string of the molecule is C=C[C@@H]1[C@H](CC(=O)O)C(C(=O)OC)=CC[C@H]1O[C@@H]1O[C@H](CO)[C@]23OC(CCO)=c4[n-]c(CC)cc4=C2CC[C@@]1(O)[C@H]3O. The predicted octanol–water partition coefficient (Wildman–Crippen LogP) is -0.999. The second-order valence-corrected chi connectivity index (χ2v) is 11.2. The molecule has 1 spiro atoms. The van der Waals surface area contributed by atoms with Crippen LogP contribution in [0.4, 0.5) is 0 Å². The average Bonchev–Trinajstić information content (AvgIpc) is 3.41. The number of aliphatic hydroxyl groups excluding tert-OH is 3. The number of carbonyl (C=O) groups is 2. The topological polar surface area (TPSA) is 186 Å². The minimum Gasteiger partial charge on any atom is -0.658 e. The molecule has 5 N–H and O–H groups in total. The van der Waals surface area contributed by atoms with Gasteiger partial charge in [-0.2, -0.15) is 5.69 Å². The zero-order valence-electron chi connectivity index (χ0n) is 23.7. The van der Waals surface area contributed by atoms with Gasteiger partial charge in [-0.1, -0.05) is 36.9 Å². The van der Waals surface area contributed by atoms with Crippen molar-refractivity contribution in [1.82, 2.24) is 4.98 Å². The van der Waals surface area contributed by atoms with E-state index in [2.05, 4.69) is 11.6 Å². The van der Waals surface area contributed by atoms with Crippen LogP contribution in [0.2, 0.25) is 0 Å². The molecule has 2 aliphatic heterocycles. The third-order valence-corrected chi connectivity index (χ3v) is 9.12. The van der Waals surface area contributed by atoms with Gasteiger partial charge in [0.1, 0.15) is 17.8 Å². The van der Waals surface area contributed by atoms with Crippen LogP contribution in [0.5, 0.6) is 0 Å². The normalized spacial score (nSPS) is 35.4. The zero-order chi connectivity index (χ0) is 30.4. The number of carboxylic acids is 1. The average molecular weight is 589 g/mol. The molecular formula is C30H38NO11-. The van der Waals surface area contributed by atoms with Crippen LogP contribution in [0.25, 0.3) is 11.3 Å². The fraction of sp³-hybridized carbons (Fsp3) is 0.600. The monoisotopic (exact) mass is 588 g/mol. The Balaban J connectivity index is 1.53. The van der Waals surface area contributed by atoms with E-state index in [0.717, 1.165) is 10.9 Å². The zero-order valence-corrected chi connectivity index (χ0v) is 23.7. The number of ether oxygens (including phenoxy) is 4. The van der Waals surface area contributed by atoms with Crippen molar-refractivity contribution in [3.05, 3.63) is 46.6 Å². The summed E-state index contributed by atoms with van der Waals surface area (Å²) in [5.41, 5.74) is -1.99. The van der Waals surface area contributed by atoms with E-state index in [1.165, 1.54) is 13.2 Å². The van der Waals surface area contributed by atoms with E-state index >= 15 is 0 Å². The molecule has 2 bridgehead atoms. The van der Waals surface area contributed by atoms with Gasteiger partial charge in [0, 0.05) is 23.8 Å². The molecule has 42 heavy (non-hydrogen) atoms. The first kappa shape index (κ1) is 30.5. The van der Waals surface area contributed by atoms with Crippen molar-refractivity contribution >= 4 is 23.3 Å². The number of aliphatic hydroxyl groups is 4. The van der Waals surface area contributed by atoms with Crippen molar-refractivity contribution in [3.8, 4) is 0 Å². The van der Waals surface area contributed by atoms with E-state index in [4.69, 9.17) is 18.9 Å². The molecular weight excluding hydrogens is 550 g/mol. The molecule has 2 fully saturated rings. The summed E-state index contributed by atoms with van der Waals surface area (Å²) in [6.45, 7) is 4.98. The van der Waals surface area contributed by atoms with Gasteiger partial charge >= 0.3 is 11.9 Å². The molecule has 1 saturated heterocycles. The molecule has 1 aromatic heterocycles. The van der Waals surface area contributed by atoms with Crippen molar-refractivity contribution in [2.45, 2.75) is 81.3 Å². The number of aliphatic carboxylic acids is 1. The number of methoxy groups -OCH3 is 1. The van der Waals surface area contributed by atoms with Crippen LogP contribution in [0.1, 0.15) is 44.7 Å². The second kappa shape index (κ2) is 11.6. The highest BCUT2D eigenvalue weighted by Gasteiger charge is 2.69. The molecule has 5 rings (SSSR count). The van der Waals surface area contributed by atoms with E-state index in [9.17, 15) is 35.1 Å². The summed E-state index contributed by atoms with van der Waals surface area (Å²) in [7, 11) is 1.22. The maximum absolute atomic E-state index is 12.4. The van der Waals surface area contributed by atoms with Gasteiger partial charge in [-0.25, -0.2) is 4.79 Å². The van der Waals surface area contributed by atoms with Crippen LogP contribution in [0.15, 0.2) is 30.4 Å². The van der Waals surface area contributed by atoms with Crippen LogP contribution in [-0.2, 0) is 35.0 Å². The Hall–Kier alpha value is -3.00. The van der Waals surface area contributed by atoms with Crippen molar-refractivity contribution < 1.29 is 54.1 Å². The van der Waals surface area contributed by atoms with Gasteiger partial charge in [0.25, 0.3) is 0 Å². The van der Waals surface area contributed by atoms with Gasteiger partial charge in [-0.3, -0.25) is 4.79 Å². The van der Waals surface area contributed by atoms with Gasteiger partial charge in [0.05, 0.1) is 38.6 Å². The molecule has 0 radical (unpaired) electrons. The number of hydrogen-bond acceptors (Lipinski definition) is 10. The second-order valence-electron chi connectivity index (χ2n) is 11.2. The summed E-state index contributed by atoms with van der Waals surface area (Å²) in [6, 6.07) is 1.91. The number of carbonyl (C=O) groups excluding carboxylic acids is 1. The first-order valence-corrected chi connectivity index (χ1v) is 14.2. The molecule has 12 heteroatoms. The molecule has 0 amide bonds. The fourth-order valence-electron chi connectivity index (χ4n) is 7.08. The lowest BCUT2D eigenvalue weighted by Gasteiger charge is -2.60. The van der Waals surface area contributed by atoms with E-state index in [-0.39, 0.29) is 44.3 Å². The van der Waals surface area contributed by atoms with Crippen LogP contribution in [0, 0.1) is 11.8 Å². The smallest absolute Gasteiger partial charge is 0.333 e. The minimum absolute atomic E-state index is 0.0338. The van der Waals surface area contributed by atoms with Gasteiger partial charge < -0.3 is 49.5 Å². The summed E-state index contributed by atoms with van der Waals surface area (Å²) in [4.78, 5) is 28.8. The van der Waals surface area contributed by atoms with Gasteiger partial charge in [-0.05, 0) is 30.1 Å². The van der Waals surface area contributed by atoms with Crippen LogP contribution in [0.3, 0.4) is 0 Å². The lowest BCUT2D eigenvalue weighted by Crippen LogP contribution is -2.78. The molecule has 1 saturated carbocycles. The number of fused-ring (bicyclic) bond motifs is 2. The fourth-order valence-corrected chi connectivity index (χ4v) is 7.08. The maximum Gasteiger partial charge on any atom is 0.333 e. The summed E-state index contributed by atoms with van der Waals surface area (Å²) in [6.07, 6.45) is -1.07. The molecule has 12 nitrogen and oxygen atoms in total. The Morgan fingerprint density at radius 2 is 2.07 bits per heavy atom. The quantitative estimate of drug-likeness (QED) is 0.166. The van der Waals surface area contributed by atoms with Gasteiger partial charge in [0.15, 0.2) is 11.9 Å². The van der Waals surface area contributed by atoms with Crippen molar-refractivity contribution in [3.63, 3.8) is 0 Å². The Kier molecular flexibility index (Phi) is 8.40. The van der Waals surface area contributed by atoms with Gasteiger partial charge in [0.2, 0.25) is 0 Å². The van der Waals surface area contributed by atoms with Crippen LogP contribution in [-0.4, -0.2) is 93.6 Å². The van der Waals surface area contributed by atoms with E-state index < -0.39 is 66.2 Å². The molecule has 2 aliphatic carbocycles. The Morgan fingerprint density at radius 3 is 2.69 bits per heavy atom. The Labute approximate surface area is 242 Å². The number of nitrogens with zero attached hydrogens (tertiary/aromatic N) is 1.